The number of aliphatic hydroxyl groups excluding tert-OH is 1. The third-order valence-electron chi connectivity index (χ3n) is 6.34. The van der Waals surface area contributed by atoms with Crippen molar-refractivity contribution >= 4 is 11.9 Å². The van der Waals surface area contributed by atoms with E-state index in [1.807, 2.05) is 38.1 Å². The second-order valence-electron chi connectivity index (χ2n) is 8.45. The summed E-state index contributed by atoms with van der Waals surface area (Å²) in [5, 5.41) is 21.3. The lowest BCUT2D eigenvalue weighted by Gasteiger charge is -2.24. The Labute approximate surface area is 185 Å². The molecule has 0 heterocycles. The molecule has 6 nitrogen and oxygen atoms in total. The summed E-state index contributed by atoms with van der Waals surface area (Å²) in [6.45, 7) is 5.43. The first-order valence-electron chi connectivity index (χ1n) is 11.2. The largest absolute Gasteiger partial charge is 0.507 e. The van der Waals surface area contributed by atoms with Crippen LogP contribution in [-0.4, -0.2) is 41.5 Å². The van der Waals surface area contributed by atoms with Crippen LogP contribution in [0.3, 0.4) is 0 Å². The maximum absolute atomic E-state index is 11.6. The second kappa shape index (κ2) is 11.9. The fourth-order valence-corrected chi connectivity index (χ4v) is 4.27. The molecule has 2 rings (SSSR count). The van der Waals surface area contributed by atoms with Crippen LogP contribution in [0.5, 0.6) is 5.75 Å². The predicted molar refractivity (Wildman–Crippen MR) is 119 cm³/mol. The monoisotopic (exact) mass is 432 g/mol. The molecule has 2 N–H and O–H groups in total. The average molecular weight is 433 g/mol. The minimum absolute atomic E-state index is 0.0229. The predicted octanol–water partition coefficient (Wildman–Crippen LogP) is 4.28. The number of para-hydroxylation sites is 1. The van der Waals surface area contributed by atoms with Gasteiger partial charge in [0.15, 0.2) is 0 Å². The number of benzene rings is 1. The zero-order chi connectivity index (χ0) is 23.0. The molecule has 5 atom stereocenters. The molecule has 1 saturated carbocycles. The highest BCUT2D eigenvalue weighted by Crippen LogP contribution is 2.46. The zero-order valence-electron chi connectivity index (χ0n) is 19.0. The molecule has 0 spiro atoms. The van der Waals surface area contributed by atoms with E-state index in [9.17, 15) is 19.8 Å². The van der Waals surface area contributed by atoms with Gasteiger partial charge in [0.25, 0.3) is 0 Å². The highest BCUT2D eigenvalue weighted by atomic mass is 16.5. The van der Waals surface area contributed by atoms with Gasteiger partial charge in [-0.1, -0.05) is 50.6 Å². The van der Waals surface area contributed by atoms with Gasteiger partial charge in [0.05, 0.1) is 13.2 Å². The van der Waals surface area contributed by atoms with Crippen molar-refractivity contribution in [2.45, 2.75) is 77.4 Å². The van der Waals surface area contributed by atoms with E-state index in [0.29, 0.717) is 25.7 Å². The maximum atomic E-state index is 11.6. The van der Waals surface area contributed by atoms with Crippen molar-refractivity contribution in [2.24, 2.45) is 11.8 Å². The third kappa shape index (κ3) is 6.82. The smallest absolute Gasteiger partial charge is 0.305 e. The molecule has 0 saturated heterocycles. The van der Waals surface area contributed by atoms with Crippen molar-refractivity contribution < 1.29 is 29.3 Å². The van der Waals surface area contributed by atoms with Gasteiger partial charge in [0.2, 0.25) is 0 Å². The van der Waals surface area contributed by atoms with Crippen molar-refractivity contribution in [1.29, 1.82) is 0 Å². The van der Waals surface area contributed by atoms with Crippen LogP contribution < -0.4 is 0 Å². The number of hydrogen-bond acceptors (Lipinski definition) is 6. The van der Waals surface area contributed by atoms with Gasteiger partial charge >= 0.3 is 11.9 Å². The number of ether oxygens (including phenoxy) is 2. The van der Waals surface area contributed by atoms with E-state index in [0.717, 1.165) is 24.0 Å². The Kier molecular flexibility index (Phi) is 9.56. The number of esters is 2. The van der Waals surface area contributed by atoms with Gasteiger partial charge in [0.1, 0.15) is 11.9 Å². The molecule has 0 aliphatic heterocycles. The van der Waals surface area contributed by atoms with E-state index in [1.54, 1.807) is 6.08 Å². The Bertz CT molecular complexity index is 771. The van der Waals surface area contributed by atoms with E-state index < -0.39 is 6.10 Å². The molecule has 1 aromatic carbocycles. The van der Waals surface area contributed by atoms with Crippen LogP contribution in [0, 0.1) is 11.8 Å². The van der Waals surface area contributed by atoms with E-state index in [4.69, 9.17) is 4.74 Å². The summed E-state index contributed by atoms with van der Waals surface area (Å²) in [5.74, 6) is -0.367. The van der Waals surface area contributed by atoms with E-state index in [2.05, 4.69) is 4.74 Å². The molecule has 0 amide bonds. The quantitative estimate of drug-likeness (QED) is 0.423. The summed E-state index contributed by atoms with van der Waals surface area (Å²) >= 11 is 0. The fraction of sp³-hybridized carbons (Fsp3) is 0.600. The normalized spacial score (nSPS) is 22.9. The van der Waals surface area contributed by atoms with Crippen molar-refractivity contribution in [3.8, 4) is 5.75 Å². The van der Waals surface area contributed by atoms with Crippen LogP contribution in [0.1, 0.15) is 69.9 Å². The molecule has 0 aromatic heterocycles. The van der Waals surface area contributed by atoms with Gasteiger partial charge in [-0.2, -0.15) is 0 Å². The summed E-state index contributed by atoms with van der Waals surface area (Å²) in [6, 6.07) is 5.69. The number of aliphatic hydroxyl groups is 1. The Balaban J connectivity index is 2.25. The lowest BCUT2D eigenvalue weighted by Crippen LogP contribution is -2.23. The van der Waals surface area contributed by atoms with Crippen LogP contribution in [0.25, 0.3) is 0 Å². The second-order valence-corrected chi connectivity index (χ2v) is 8.45. The van der Waals surface area contributed by atoms with Gasteiger partial charge in [-0.15, -0.1) is 0 Å². The highest BCUT2D eigenvalue weighted by Gasteiger charge is 2.39. The Morgan fingerprint density at radius 3 is 2.68 bits per heavy atom. The number of phenols is 1. The summed E-state index contributed by atoms with van der Waals surface area (Å²) in [5.41, 5.74) is 1.61. The molecular weight excluding hydrogens is 396 g/mol. The average Bonchev–Trinajstić information content (AvgIpc) is 3.13. The topological polar surface area (TPSA) is 93.1 Å². The van der Waals surface area contributed by atoms with Crippen molar-refractivity contribution in [2.75, 3.05) is 7.11 Å². The van der Waals surface area contributed by atoms with Crippen LogP contribution in [0.4, 0.5) is 0 Å². The van der Waals surface area contributed by atoms with E-state index in [1.165, 1.54) is 14.0 Å². The Morgan fingerprint density at radius 2 is 2.03 bits per heavy atom. The molecule has 31 heavy (non-hydrogen) atoms. The molecule has 1 fully saturated rings. The number of phenolic OH excluding ortho intramolecular Hbond substituents is 1. The number of aryl methyl sites for hydroxylation is 1. The molecule has 0 unspecified atom stereocenters. The van der Waals surface area contributed by atoms with Gasteiger partial charge in [0, 0.05) is 19.3 Å². The van der Waals surface area contributed by atoms with Crippen LogP contribution in [0.2, 0.25) is 0 Å². The van der Waals surface area contributed by atoms with Gasteiger partial charge in [-0.25, -0.2) is 0 Å². The Hall–Kier alpha value is -2.34. The summed E-state index contributed by atoms with van der Waals surface area (Å²) in [6.07, 6.45) is 6.69. The van der Waals surface area contributed by atoms with Crippen molar-refractivity contribution in [1.82, 2.24) is 0 Å². The van der Waals surface area contributed by atoms with Crippen LogP contribution >= 0.6 is 0 Å². The summed E-state index contributed by atoms with van der Waals surface area (Å²) in [7, 11) is 1.37. The highest BCUT2D eigenvalue weighted by molar-refractivity contribution is 5.69. The SMILES string of the molecule is CC[C@@H](C)[C@H](O)/C=C/[C@@H]1[C@@H](c2cccc(CCCC(=O)OC)c2O)CC[C@H]1OC(C)=O. The van der Waals surface area contributed by atoms with Gasteiger partial charge in [-0.05, 0) is 48.6 Å². The van der Waals surface area contributed by atoms with E-state index in [-0.39, 0.29) is 41.5 Å². The molecule has 0 bridgehead atoms. The number of rotatable bonds is 10. The van der Waals surface area contributed by atoms with Crippen molar-refractivity contribution in [3.05, 3.63) is 41.5 Å². The zero-order valence-corrected chi connectivity index (χ0v) is 19.0. The molecule has 1 aromatic rings. The lowest BCUT2D eigenvalue weighted by molar-refractivity contribution is -0.147. The van der Waals surface area contributed by atoms with E-state index >= 15 is 0 Å². The van der Waals surface area contributed by atoms with Crippen molar-refractivity contribution in [3.63, 3.8) is 0 Å². The minimum Gasteiger partial charge on any atom is -0.507 e. The van der Waals surface area contributed by atoms with Crippen LogP contribution in [0.15, 0.2) is 30.4 Å². The molecule has 0 radical (unpaired) electrons. The maximum Gasteiger partial charge on any atom is 0.305 e. The third-order valence-corrected chi connectivity index (χ3v) is 6.34. The molecule has 172 valence electrons. The first kappa shape index (κ1) is 24.9. The molecule has 6 heteroatoms. The standard InChI is InChI=1S/C25H36O6/c1-5-16(2)22(27)14-12-20-19(13-15-23(20)31-17(3)26)21-10-6-8-18(25(21)29)9-7-11-24(28)30-4/h6,8,10,12,14,16,19-20,22-23,27,29H,5,7,9,11,13,15H2,1-4H3/b14-12+/t16-,19+,20-,22-,23-/m1/s1. The fourth-order valence-electron chi connectivity index (χ4n) is 4.27. The summed E-state index contributed by atoms with van der Waals surface area (Å²) < 4.78 is 10.2. The number of carbonyl (C=O) groups excluding carboxylic acids is 2. The van der Waals surface area contributed by atoms with Gasteiger partial charge in [-0.3, -0.25) is 9.59 Å². The molecule has 1 aliphatic rings. The number of aromatic hydroxyl groups is 1. The molecule has 1 aliphatic carbocycles. The first-order chi connectivity index (χ1) is 14.8. The number of hydrogen-bond donors (Lipinski definition) is 2. The van der Waals surface area contributed by atoms with Gasteiger partial charge < -0.3 is 19.7 Å². The first-order valence-corrected chi connectivity index (χ1v) is 11.2. The minimum atomic E-state index is -0.567. The summed E-state index contributed by atoms with van der Waals surface area (Å²) in [4.78, 5) is 23.0. The lowest BCUT2D eigenvalue weighted by atomic mass is 9.85. The molecular formula is C25H36O6. The number of methoxy groups -OCH3 is 1. The Morgan fingerprint density at radius 1 is 1.29 bits per heavy atom. The van der Waals surface area contributed by atoms with Crippen LogP contribution in [-0.2, 0) is 25.5 Å². The number of carbonyl (C=O) groups is 2.